The van der Waals surface area contributed by atoms with Crippen LogP contribution >= 0.6 is 0 Å². The lowest BCUT2D eigenvalue weighted by Crippen LogP contribution is -2.20. The van der Waals surface area contributed by atoms with Crippen molar-refractivity contribution >= 4 is 0 Å². The standard InChI is InChI=1S/C10H20N4/c1-3-5-10(6-7-11-4-2)14-9-12-8-13-14/h8-11H,3-7H2,1-2H3. The molecular weight excluding hydrogens is 176 g/mol. The minimum atomic E-state index is 0.501. The summed E-state index contributed by atoms with van der Waals surface area (Å²) in [7, 11) is 0. The highest BCUT2D eigenvalue weighted by molar-refractivity contribution is 4.69. The van der Waals surface area contributed by atoms with E-state index in [1.807, 2.05) is 11.0 Å². The van der Waals surface area contributed by atoms with E-state index in [1.54, 1.807) is 6.33 Å². The Labute approximate surface area is 85.7 Å². The highest BCUT2D eigenvalue weighted by Crippen LogP contribution is 2.15. The maximum absolute atomic E-state index is 4.19. The Balaban J connectivity index is 2.39. The van der Waals surface area contributed by atoms with Gasteiger partial charge in [-0.05, 0) is 25.9 Å². The van der Waals surface area contributed by atoms with E-state index in [2.05, 4.69) is 29.2 Å². The summed E-state index contributed by atoms with van der Waals surface area (Å²) in [5.74, 6) is 0. The molecule has 1 atom stereocenters. The molecule has 0 radical (unpaired) electrons. The Morgan fingerprint density at radius 2 is 2.21 bits per heavy atom. The predicted molar refractivity (Wildman–Crippen MR) is 57.1 cm³/mol. The van der Waals surface area contributed by atoms with Gasteiger partial charge in [-0.2, -0.15) is 5.10 Å². The van der Waals surface area contributed by atoms with Crippen molar-refractivity contribution < 1.29 is 0 Å². The molecule has 14 heavy (non-hydrogen) atoms. The van der Waals surface area contributed by atoms with Crippen molar-refractivity contribution in [2.45, 2.75) is 39.2 Å². The van der Waals surface area contributed by atoms with Gasteiger partial charge in [0, 0.05) is 0 Å². The van der Waals surface area contributed by atoms with Crippen LogP contribution in [0.3, 0.4) is 0 Å². The van der Waals surface area contributed by atoms with Crippen LogP contribution in [-0.2, 0) is 0 Å². The molecule has 1 aromatic heterocycles. The number of nitrogens with zero attached hydrogens (tertiary/aromatic N) is 3. The van der Waals surface area contributed by atoms with E-state index in [-0.39, 0.29) is 0 Å². The molecule has 4 heteroatoms. The summed E-state index contributed by atoms with van der Waals surface area (Å²) in [5.41, 5.74) is 0. The number of rotatable bonds is 7. The molecule has 1 rings (SSSR count). The highest BCUT2D eigenvalue weighted by atomic mass is 15.3. The summed E-state index contributed by atoms with van der Waals surface area (Å²) in [6.07, 6.45) is 6.92. The fraction of sp³-hybridized carbons (Fsp3) is 0.800. The molecule has 1 unspecified atom stereocenters. The molecular formula is C10H20N4. The maximum Gasteiger partial charge on any atom is 0.137 e. The Morgan fingerprint density at radius 3 is 2.79 bits per heavy atom. The molecule has 4 nitrogen and oxygen atoms in total. The number of aromatic nitrogens is 3. The van der Waals surface area contributed by atoms with Gasteiger partial charge in [-0.3, -0.25) is 0 Å². The molecule has 0 aliphatic rings. The van der Waals surface area contributed by atoms with Gasteiger partial charge >= 0.3 is 0 Å². The van der Waals surface area contributed by atoms with Gasteiger partial charge in [0.1, 0.15) is 12.7 Å². The van der Waals surface area contributed by atoms with Crippen LogP contribution in [0.2, 0.25) is 0 Å². The van der Waals surface area contributed by atoms with Crippen LogP contribution in [-0.4, -0.2) is 27.9 Å². The lowest BCUT2D eigenvalue weighted by Gasteiger charge is -2.15. The molecule has 1 aromatic rings. The summed E-state index contributed by atoms with van der Waals surface area (Å²) in [5, 5.41) is 7.53. The van der Waals surface area contributed by atoms with E-state index in [9.17, 15) is 0 Å². The number of hydrogen-bond donors (Lipinski definition) is 1. The molecule has 0 bridgehead atoms. The molecule has 0 aliphatic heterocycles. The first-order chi connectivity index (χ1) is 6.88. The van der Waals surface area contributed by atoms with E-state index < -0.39 is 0 Å². The van der Waals surface area contributed by atoms with Crippen LogP contribution < -0.4 is 5.32 Å². The fourth-order valence-electron chi connectivity index (χ4n) is 1.59. The second-order valence-electron chi connectivity index (χ2n) is 3.46. The third-order valence-electron chi connectivity index (χ3n) is 2.34. The van der Waals surface area contributed by atoms with E-state index in [0.717, 1.165) is 19.5 Å². The zero-order valence-corrected chi connectivity index (χ0v) is 9.11. The summed E-state index contributed by atoms with van der Waals surface area (Å²) in [6.45, 7) is 6.43. The molecule has 0 saturated carbocycles. The lowest BCUT2D eigenvalue weighted by molar-refractivity contribution is 0.387. The van der Waals surface area contributed by atoms with Gasteiger partial charge < -0.3 is 5.32 Å². The third kappa shape index (κ3) is 3.46. The van der Waals surface area contributed by atoms with Gasteiger partial charge in [-0.25, -0.2) is 9.67 Å². The molecule has 80 valence electrons. The largest absolute Gasteiger partial charge is 0.317 e. The van der Waals surface area contributed by atoms with Crippen molar-refractivity contribution in [2.24, 2.45) is 0 Å². The number of hydrogen-bond acceptors (Lipinski definition) is 3. The highest BCUT2D eigenvalue weighted by Gasteiger charge is 2.09. The van der Waals surface area contributed by atoms with Gasteiger partial charge in [0.25, 0.3) is 0 Å². The fourth-order valence-corrected chi connectivity index (χ4v) is 1.59. The van der Waals surface area contributed by atoms with Gasteiger partial charge in [-0.1, -0.05) is 20.3 Å². The lowest BCUT2D eigenvalue weighted by atomic mass is 10.1. The zero-order chi connectivity index (χ0) is 10.2. The normalized spacial score (nSPS) is 13.0. The van der Waals surface area contributed by atoms with Crippen molar-refractivity contribution in [3.05, 3.63) is 12.7 Å². The van der Waals surface area contributed by atoms with E-state index >= 15 is 0 Å². The number of nitrogens with one attached hydrogen (secondary N) is 1. The first-order valence-electron chi connectivity index (χ1n) is 5.43. The van der Waals surface area contributed by atoms with Gasteiger partial charge in [-0.15, -0.1) is 0 Å². The summed E-state index contributed by atoms with van der Waals surface area (Å²) >= 11 is 0. The van der Waals surface area contributed by atoms with Gasteiger partial charge in [0.15, 0.2) is 0 Å². The first-order valence-corrected chi connectivity index (χ1v) is 5.43. The average Bonchev–Trinajstić information content (AvgIpc) is 2.70. The smallest absolute Gasteiger partial charge is 0.137 e. The van der Waals surface area contributed by atoms with Crippen LogP contribution in [0.4, 0.5) is 0 Å². The van der Waals surface area contributed by atoms with Crippen LogP contribution in [0.5, 0.6) is 0 Å². The van der Waals surface area contributed by atoms with Crippen molar-refractivity contribution in [1.82, 2.24) is 20.1 Å². The zero-order valence-electron chi connectivity index (χ0n) is 9.11. The van der Waals surface area contributed by atoms with E-state index in [1.165, 1.54) is 12.8 Å². The third-order valence-corrected chi connectivity index (χ3v) is 2.34. The Morgan fingerprint density at radius 1 is 1.36 bits per heavy atom. The predicted octanol–water partition coefficient (Wildman–Crippen LogP) is 1.62. The quantitative estimate of drug-likeness (QED) is 0.674. The van der Waals surface area contributed by atoms with Gasteiger partial charge in [0.05, 0.1) is 6.04 Å². The van der Waals surface area contributed by atoms with Gasteiger partial charge in [0.2, 0.25) is 0 Å². The Bertz CT molecular complexity index is 220. The van der Waals surface area contributed by atoms with E-state index in [4.69, 9.17) is 0 Å². The molecule has 1 heterocycles. The topological polar surface area (TPSA) is 42.7 Å². The maximum atomic E-state index is 4.19. The van der Waals surface area contributed by atoms with Crippen LogP contribution in [0.1, 0.15) is 39.2 Å². The molecule has 1 N–H and O–H groups in total. The summed E-state index contributed by atoms with van der Waals surface area (Å²) < 4.78 is 1.97. The monoisotopic (exact) mass is 196 g/mol. The van der Waals surface area contributed by atoms with Crippen molar-refractivity contribution in [1.29, 1.82) is 0 Å². The average molecular weight is 196 g/mol. The minimum Gasteiger partial charge on any atom is -0.317 e. The second kappa shape index (κ2) is 6.54. The SMILES string of the molecule is CCCC(CCNCC)n1cncn1. The Hall–Kier alpha value is -0.900. The molecule has 0 spiro atoms. The summed E-state index contributed by atoms with van der Waals surface area (Å²) in [4.78, 5) is 3.99. The molecule has 0 amide bonds. The molecule has 0 aromatic carbocycles. The first kappa shape index (κ1) is 11.2. The summed E-state index contributed by atoms with van der Waals surface area (Å²) in [6, 6.07) is 0.501. The second-order valence-corrected chi connectivity index (χ2v) is 3.46. The van der Waals surface area contributed by atoms with Crippen molar-refractivity contribution in [2.75, 3.05) is 13.1 Å². The van der Waals surface area contributed by atoms with Crippen molar-refractivity contribution in [3.8, 4) is 0 Å². The molecule has 0 saturated heterocycles. The van der Waals surface area contributed by atoms with Crippen LogP contribution in [0.15, 0.2) is 12.7 Å². The van der Waals surface area contributed by atoms with Crippen LogP contribution in [0, 0.1) is 0 Å². The minimum absolute atomic E-state index is 0.501. The Kier molecular flexibility index (Phi) is 5.22. The van der Waals surface area contributed by atoms with Crippen LogP contribution in [0.25, 0.3) is 0 Å². The van der Waals surface area contributed by atoms with E-state index in [0.29, 0.717) is 6.04 Å². The van der Waals surface area contributed by atoms with Crippen molar-refractivity contribution in [3.63, 3.8) is 0 Å². The molecule has 0 aliphatic carbocycles. The molecule has 0 fully saturated rings.